The molecule has 1 heterocycles. The molecule has 1 amide bonds. The number of carboxylic acid groups (broad SMARTS) is 1. The van der Waals surface area contributed by atoms with E-state index in [-0.39, 0.29) is 12.0 Å². The molecule has 0 bridgehead atoms. The molecule has 1 N–H and O–H groups in total. The molecule has 25 heavy (non-hydrogen) atoms. The molecule has 1 unspecified atom stereocenters. The summed E-state index contributed by atoms with van der Waals surface area (Å²) < 4.78 is 5.45. The topological polar surface area (TPSA) is 66.8 Å². The van der Waals surface area contributed by atoms with Gasteiger partial charge in [-0.3, -0.25) is 4.90 Å². The molecule has 0 radical (unpaired) electrons. The Morgan fingerprint density at radius 1 is 1.24 bits per heavy atom. The summed E-state index contributed by atoms with van der Waals surface area (Å²) in [5.41, 5.74) is -0.474. The van der Waals surface area contributed by atoms with E-state index in [1.54, 1.807) is 11.8 Å². The van der Waals surface area contributed by atoms with Crippen LogP contribution in [-0.2, 0) is 16.1 Å². The molecule has 0 spiro atoms. The van der Waals surface area contributed by atoms with Gasteiger partial charge in [0.25, 0.3) is 0 Å². The molecule has 0 aliphatic carbocycles. The van der Waals surface area contributed by atoms with Crippen molar-refractivity contribution in [1.29, 1.82) is 0 Å². The third-order valence-electron chi connectivity index (χ3n) is 4.39. The van der Waals surface area contributed by atoms with Crippen molar-refractivity contribution in [3.8, 4) is 0 Å². The molecule has 1 aromatic rings. The third-order valence-corrected chi connectivity index (χ3v) is 6.06. The van der Waals surface area contributed by atoms with E-state index in [2.05, 4.69) is 13.8 Å². The normalized spacial score (nSPS) is 22.2. The largest absolute Gasteiger partial charge is 0.479 e. The highest BCUT2D eigenvalue weighted by Crippen LogP contribution is 2.43. The zero-order chi connectivity index (χ0) is 18.5. The second-order valence-corrected chi connectivity index (χ2v) is 8.35. The van der Waals surface area contributed by atoms with Gasteiger partial charge >= 0.3 is 12.1 Å². The van der Waals surface area contributed by atoms with Gasteiger partial charge in [-0.05, 0) is 29.6 Å². The fraction of sp³-hybridized carbons (Fsp3) is 0.579. The van der Waals surface area contributed by atoms with Gasteiger partial charge in [-0.2, -0.15) is 11.8 Å². The molecule has 1 saturated heterocycles. The van der Waals surface area contributed by atoms with Gasteiger partial charge in [0.2, 0.25) is 0 Å². The molecule has 138 valence electrons. The number of rotatable bonds is 6. The Hall–Kier alpha value is -1.69. The smallest absolute Gasteiger partial charge is 0.411 e. The highest BCUT2D eigenvalue weighted by molar-refractivity contribution is 7.99. The number of thioether (sulfide) groups is 1. The Bertz CT molecular complexity index is 605. The number of carbonyl (C=O) groups is 2. The number of carbonyl (C=O) groups excluding carboxylic acids is 1. The van der Waals surface area contributed by atoms with Gasteiger partial charge in [0.1, 0.15) is 6.61 Å². The number of carboxylic acids is 1. The number of aliphatic carboxylic acids is 1. The molecule has 5 nitrogen and oxygen atoms in total. The first-order chi connectivity index (χ1) is 11.8. The van der Waals surface area contributed by atoms with Gasteiger partial charge in [0, 0.05) is 12.3 Å². The lowest BCUT2D eigenvalue weighted by molar-refractivity contribution is -0.151. The van der Waals surface area contributed by atoms with Crippen molar-refractivity contribution in [2.24, 2.45) is 5.41 Å². The summed E-state index contributed by atoms with van der Waals surface area (Å²) in [4.78, 5) is 26.4. The molecule has 1 aliphatic heterocycles. The minimum atomic E-state index is -1.21. The van der Waals surface area contributed by atoms with E-state index in [4.69, 9.17) is 4.74 Å². The highest BCUT2D eigenvalue weighted by Gasteiger charge is 2.52. The predicted molar refractivity (Wildman–Crippen MR) is 99.7 cm³/mol. The van der Waals surface area contributed by atoms with Gasteiger partial charge in [-0.15, -0.1) is 0 Å². The van der Waals surface area contributed by atoms with Crippen molar-refractivity contribution >= 4 is 23.8 Å². The second-order valence-electron chi connectivity index (χ2n) is 7.36. The van der Waals surface area contributed by atoms with Crippen LogP contribution in [0.3, 0.4) is 0 Å². The van der Waals surface area contributed by atoms with Gasteiger partial charge in [0.05, 0.1) is 0 Å². The average Bonchev–Trinajstić information content (AvgIpc) is 2.57. The first-order valence-electron chi connectivity index (χ1n) is 8.60. The van der Waals surface area contributed by atoms with Crippen molar-refractivity contribution in [2.75, 3.05) is 18.1 Å². The maximum absolute atomic E-state index is 12.8. The van der Waals surface area contributed by atoms with Crippen molar-refractivity contribution in [3.05, 3.63) is 35.9 Å². The first-order valence-corrected chi connectivity index (χ1v) is 9.76. The van der Waals surface area contributed by atoms with Gasteiger partial charge in [0.15, 0.2) is 5.54 Å². The Morgan fingerprint density at radius 2 is 1.92 bits per heavy atom. The number of amides is 1. The lowest BCUT2D eigenvalue weighted by Gasteiger charge is -2.47. The van der Waals surface area contributed by atoms with Crippen LogP contribution >= 0.6 is 11.8 Å². The first kappa shape index (κ1) is 19.6. The predicted octanol–water partition coefficient (Wildman–Crippen LogP) is 4.02. The van der Waals surface area contributed by atoms with Crippen LogP contribution in [-0.4, -0.2) is 45.7 Å². The van der Waals surface area contributed by atoms with Crippen LogP contribution in [0.2, 0.25) is 0 Å². The molecule has 0 saturated carbocycles. The van der Waals surface area contributed by atoms with Crippen LogP contribution in [0.15, 0.2) is 30.3 Å². The molecule has 1 aromatic carbocycles. The Labute approximate surface area is 153 Å². The summed E-state index contributed by atoms with van der Waals surface area (Å²) in [6, 6.07) is 9.42. The second kappa shape index (κ2) is 8.13. The van der Waals surface area contributed by atoms with E-state index < -0.39 is 17.6 Å². The lowest BCUT2D eigenvalue weighted by atomic mass is 9.78. The SMILES string of the molecule is CCCN(C(=O)OCc1ccccc1)C1(C(=O)O)CSCC(C)(C)C1. The Morgan fingerprint density at radius 3 is 2.48 bits per heavy atom. The van der Waals surface area contributed by atoms with E-state index in [9.17, 15) is 14.7 Å². The maximum atomic E-state index is 12.8. The van der Waals surface area contributed by atoms with Crippen LogP contribution in [0.5, 0.6) is 0 Å². The molecule has 6 heteroatoms. The molecule has 1 atom stereocenters. The highest BCUT2D eigenvalue weighted by atomic mass is 32.2. The quantitative estimate of drug-likeness (QED) is 0.825. The lowest BCUT2D eigenvalue weighted by Crippen LogP contribution is -2.62. The Kier molecular flexibility index (Phi) is 6.38. The van der Waals surface area contributed by atoms with Crippen LogP contribution in [0.25, 0.3) is 0 Å². The van der Waals surface area contributed by atoms with Gasteiger partial charge in [-0.1, -0.05) is 51.1 Å². The van der Waals surface area contributed by atoms with Crippen molar-refractivity contribution in [3.63, 3.8) is 0 Å². The van der Waals surface area contributed by atoms with E-state index in [0.29, 0.717) is 25.1 Å². The van der Waals surface area contributed by atoms with E-state index in [0.717, 1.165) is 11.3 Å². The van der Waals surface area contributed by atoms with E-state index >= 15 is 0 Å². The maximum Gasteiger partial charge on any atom is 0.411 e. The fourth-order valence-corrected chi connectivity index (χ4v) is 4.79. The van der Waals surface area contributed by atoms with Crippen molar-refractivity contribution < 1.29 is 19.4 Å². The number of hydrogen-bond donors (Lipinski definition) is 1. The number of benzene rings is 1. The van der Waals surface area contributed by atoms with Crippen LogP contribution < -0.4 is 0 Å². The van der Waals surface area contributed by atoms with Gasteiger partial charge in [-0.25, -0.2) is 9.59 Å². The van der Waals surface area contributed by atoms with E-state index in [1.807, 2.05) is 37.3 Å². The van der Waals surface area contributed by atoms with Crippen LogP contribution in [0.4, 0.5) is 4.79 Å². The Balaban J connectivity index is 2.20. The summed E-state index contributed by atoms with van der Waals surface area (Å²) >= 11 is 1.59. The molecular weight excluding hydrogens is 338 g/mol. The molecule has 1 aliphatic rings. The summed E-state index contributed by atoms with van der Waals surface area (Å²) in [6.07, 6.45) is 0.565. The third kappa shape index (κ3) is 4.69. The molecule has 1 fully saturated rings. The number of nitrogens with zero attached hydrogens (tertiary/aromatic N) is 1. The van der Waals surface area contributed by atoms with Crippen molar-refractivity contribution in [1.82, 2.24) is 4.90 Å². The number of hydrogen-bond acceptors (Lipinski definition) is 4. The zero-order valence-corrected chi connectivity index (χ0v) is 16.0. The summed E-state index contributed by atoms with van der Waals surface area (Å²) in [5, 5.41) is 9.99. The average molecular weight is 365 g/mol. The standard InChI is InChI=1S/C19H27NO4S/c1-4-10-20(17(23)24-11-15-8-6-5-7-9-15)19(16(21)22)12-18(2,3)13-25-14-19/h5-9H,4,10-14H2,1-3H3,(H,21,22). The molecule has 2 rings (SSSR count). The monoisotopic (exact) mass is 365 g/mol. The number of ether oxygens (including phenoxy) is 1. The summed E-state index contributed by atoms with van der Waals surface area (Å²) in [6.45, 7) is 6.56. The minimum absolute atomic E-state index is 0.145. The minimum Gasteiger partial charge on any atom is -0.479 e. The van der Waals surface area contributed by atoms with Crippen molar-refractivity contribution in [2.45, 2.75) is 45.8 Å². The molecule has 0 aromatic heterocycles. The molecular formula is C19H27NO4S. The zero-order valence-electron chi connectivity index (χ0n) is 15.2. The van der Waals surface area contributed by atoms with Crippen LogP contribution in [0.1, 0.15) is 39.2 Å². The van der Waals surface area contributed by atoms with E-state index in [1.165, 1.54) is 4.90 Å². The fourth-order valence-electron chi connectivity index (χ4n) is 3.32. The summed E-state index contributed by atoms with van der Waals surface area (Å²) in [7, 11) is 0. The van der Waals surface area contributed by atoms with Gasteiger partial charge < -0.3 is 9.84 Å². The van der Waals surface area contributed by atoms with Crippen LogP contribution in [0, 0.1) is 5.41 Å². The summed E-state index contributed by atoms with van der Waals surface area (Å²) in [5.74, 6) is 0.339.